The molecule has 1 rings (SSSR count). The maximum absolute atomic E-state index is 6.18. The third-order valence-electron chi connectivity index (χ3n) is 2.66. The van der Waals surface area contributed by atoms with Crippen LogP contribution in [0.1, 0.15) is 31.5 Å². The first kappa shape index (κ1) is 14.4. The van der Waals surface area contributed by atoms with Gasteiger partial charge in [0.2, 0.25) is 0 Å². The normalized spacial score (nSPS) is 13.3. The van der Waals surface area contributed by atoms with Gasteiger partial charge in [0.15, 0.2) is 0 Å². The van der Waals surface area contributed by atoms with E-state index in [1.807, 2.05) is 18.8 Å². The van der Waals surface area contributed by atoms with Crippen LogP contribution in [0, 0.1) is 0 Å². The van der Waals surface area contributed by atoms with Gasteiger partial charge in [0, 0.05) is 6.54 Å². The van der Waals surface area contributed by atoms with Crippen LogP contribution < -0.4 is 11.3 Å². The van der Waals surface area contributed by atoms with Crippen molar-refractivity contribution in [2.75, 3.05) is 20.6 Å². The zero-order valence-electron chi connectivity index (χ0n) is 10.8. The number of nitrogens with two attached hydrogens (primary N) is 1. The Hall–Kier alpha value is -0.620. The summed E-state index contributed by atoms with van der Waals surface area (Å²) in [5.74, 6) is 5.62. The predicted octanol–water partition coefficient (Wildman–Crippen LogP) is 1.40. The van der Waals surface area contributed by atoms with Gasteiger partial charge in [0.1, 0.15) is 0 Å². The summed E-state index contributed by atoms with van der Waals surface area (Å²) >= 11 is 6.18. The summed E-state index contributed by atoms with van der Waals surface area (Å²) in [6.07, 6.45) is 3.61. The lowest BCUT2D eigenvalue weighted by molar-refractivity contribution is 0.352. The van der Waals surface area contributed by atoms with E-state index in [9.17, 15) is 0 Å². The number of hydrogen-bond donors (Lipinski definition) is 2. The van der Waals surface area contributed by atoms with Gasteiger partial charge in [-0.2, -0.15) is 5.10 Å². The van der Waals surface area contributed by atoms with Gasteiger partial charge in [-0.15, -0.1) is 0 Å². The van der Waals surface area contributed by atoms with Crippen LogP contribution in [0.25, 0.3) is 0 Å². The molecule has 1 aromatic heterocycles. The zero-order chi connectivity index (χ0) is 12.8. The van der Waals surface area contributed by atoms with Crippen molar-refractivity contribution in [3.63, 3.8) is 0 Å². The summed E-state index contributed by atoms with van der Waals surface area (Å²) < 4.78 is 1.93. The van der Waals surface area contributed by atoms with E-state index in [1.54, 1.807) is 6.20 Å². The van der Waals surface area contributed by atoms with E-state index in [4.69, 9.17) is 17.4 Å². The van der Waals surface area contributed by atoms with E-state index in [-0.39, 0.29) is 6.04 Å². The number of nitrogens with zero attached hydrogens (tertiary/aromatic N) is 3. The molecule has 0 spiro atoms. The van der Waals surface area contributed by atoms with Gasteiger partial charge in [0.05, 0.1) is 23.0 Å². The number of aromatic nitrogens is 2. The summed E-state index contributed by atoms with van der Waals surface area (Å²) in [4.78, 5) is 2.12. The fraction of sp³-hybridized carbons (Fsp3) is 0.727. The molecule has 17 heavy (non-hydrogen) atoms. The van der Waals surface area contributed by atoms with Crippen LogP contribution in [0.4, 0.5) is 0 Å². The Morgan fingerprint density at radius 3 is 2.82 bits per heavy atom. The standard InChI is InChI=1S/C11H22ClN5/c1-4-6-17-11(9(12)8-14-17)10(15-13)5-7-16(2)3/h8,10,15H,4-7,13H2,1-3H3. The summed E-state index contributed by atoms with van der Waals surface area (Å²) in [6, 6.07) is 0.0407. The first-order valence-corrected chi connectivity index (χ1v) is 6.30. The number of aryl methyl sites for hydroxylation is 1. The van der Waals surface area contributed by atoms with Crippen molar-refractivity contribution in [3.8, 4) is 0 Å². The summed E-state index contributed by atoms with van der Waals surface area (Å²) in [5, 5.41) is 4.96. The van der Waals surface area contributed by atoms with E-state index in [0.29, 0.717) is 5.02 Å². The van der Waals surface area contributed by atoms with Crippen molar-refractivity contribution in [2.24, 2.45) is 5.84 Å². The van der Waals surface area contributed by atoms with Gasteiger partial charge < -0.3 is 4.90 Å². The third kappa shape index (κ3) is 3.96. The van der Waals surface area contributed by atoms with Gasteiger partial charge in [-0.1, -0.05) is 18.5 Å². The highest BCUT2D eigenvalue weighted by atomic mass is 35.5. The van der Waals surface area contributed by atoms with E-state index in [2.05, 4.69) is 22.3 Å². The fourth-order valence-electron chi connectivity index (χ4n) is 1.79. The first-order valence-electron chi connectivity index (χ1n) is 5.92. The Morgan fingerprint density at radius 2 is 2.29 bits per heavy atom. The van der Waals surface area contributed by atoms with Crippen LogP contribution in [0.2, 0.25) is 5.02 Å². The van der Waals surface area contributed by atoms with Crippen molar-refractivity contribution in [3.05, 3.63) is 16.9 Å². The molecular weight excluding hydrogens is 238 g/mol. The Morgan fingerprint density at radius 1 is 1.59 bits per heavy atom. The summed E-state index contributed by atoms with van der Waals surface area (Å²) in [7, 11) is 4.08. The van der Waals surface area contributed by atoms with Crippen molar-refractivity contribution in [2.45, 2.75) is 32.4 Å². The van der Waals surface area contributed by atoms with Gasteiger partial charge in [-0.25, -0.2) is 0 Å². The van der Waals surface area contributed by atoms with E-state index >= 15 is 0 Å². The Kier molecular flexibility index (Phi) is 5.91. The quantitative estimate of drug-likeness (QED) is 0.574. The van der Waals surface area contributed by atoms with Crippen molar-refractivity contribution in [1.29, 1.82) is 0 Å². The largest absolute Gasteiger partial charge is 0.309 e. The molecule has 1 atom stereocenters. The van der Waals surface area contributed by atoms with Crippen molar-refractivity contribution >= 4 is 11.6 Å². The molecular formula is C11H22ClN5. The number of hydrogen-bond acceptors (Lipinski definition) is 4. The molecule has 0 aliphatic rings. The number of halogens is 1. The van der Waals surface area contributed by atoms with Crippen molar-refractivity contribution in [1.82, 2.24) is 20.1 Å². The second-order valence-corrected chi connectivity index (χ2v) is 4.82. The highest BCUT2D eigenvalue weighted by Crippen LogP contribution is 2.24. The average Bonchev–Trinajstić information content (AvgIpc) is 2.63. The fourth-order valence-corrected chi connectivity index (χ4v) is 2.07. The number of hydrazine groups is 1. The monoisotopic (exact) mass is 259 g/mol. The minimum absolute atomic E-state index is 0.0407. The topological polar surface area (TPSA) is 59.1 Å². The van der Waals surface area contributed by atoms with Gasteiger partial charge in [-0.3, -0.25) is 16.0 Å². The lowest BCUT2D eigenvalue weighted by atomic mass is 10.1. The molecule has 0 aromatic carbocycles. The smallest absolute Gasteiger partial charge is 0.0834 e. The molecule has 3 N–H and O–H groups in total. The second-order valence-electron chi connectivity index (χ2n) is 4.41. The SMILES string of the molecule is CCCn1ncc(Cl)c1C(CCN(C)C)NN. The van der Waals surface area contributed by atoms with Crippen LogP contribution in [0.15, 0.2) is 6.20 Å². The molecule has 0 aliphatic heterocycles. The van der Waals surface area contributed by atoms with Crippen LogP contribution in [-0.2, 0) is 6.54 Å². The van der Waals surface area contributed by atoms with Gasteiger partial charge >= 0.3 is 0 Å². The first-order chi connectivity index (χ1) is 8.10. The Bertz CT molecular complexity index is 337. The number of nitrogens with one attached hydrogen (secondary N) is 1. The van der Waals surface area contributed by atoms with Crippen LogP contribution >= 0.6 is 11.6 Å². The molecule has 0 bridgehead atoms. The molecule has 1 unspecified atom stereocenters. The predicted molar refractivity (Wildman–Crippen MR) is 70.8 cm³/mol. The highest BCUT2D eigenvalue weighted by molar-refractivity contribution is 6.31. The van der Waals surface area contributed by atoms with E-state index in [0.717, 1.165) is 31.6 Å². The second kappa shape index (κ2) is 6.96. The molecule has 0 aliphatic carbocycles. The molecule has 6 heteroatoms. The minimum Gasteiger partial charge on any atom is -0.309 e. The summed E-state index contributed by atoms with van der Waals surface area (Å²) in [5.41, 5.74) is 3.81. The molecule has 5 nitrogen and oxygen atoms in total. The van der Waals surface area contributed by atoms with Gasteiger partial charge in [0.25, 0.3) is 0 Å². The van der Waals surface area contributed by atoms with Crippen LogP contribution in [-0.4, -0.2) is 35.3 Å². The molecule has 0 amide bonds. The van der Waals surface area contributed by atoms with Crippen molar-refractivity contribution < 1.29 is 0 Å². The molecule has 1 aromatic rings. The summed E-state index contributed by atoms with van der Waals surface area (Å²) in [6.45, 7) is 3.93. The minimum atomic E-state index is 0.0407. The molecule has 0 radical (unpaired) electrons. The lowest BCUT2D eigenvalue weighted by Crippen LogP contribution is -2.32. The Balaban J connectivity index is 2.82. The molecule has 0 saturated carbocycles. The van der Waals surface area contributed by atoms with E-state index < -0.39 is 0 Å². The lowest BCUT2D eigenvalue weighted by Gasteiger charge is -2.20. The Labute approximate surface area is 108 Å². The number of rotatable bonds is 7. The third-order valence-corrected chi connectivity index (χ3v) is 2.96. The molecule has 98 valence electrons. The van der Waals surface area contributed by atoms with Crippen LogP contribution in [0.3, 0.4) is 0 Å². The highest BCUT2D eigenvalue weighted by Gasteiger charge is 2.19. The van der Waals surface area contributed by atoms with Gasteiger partial charge in [-0.05, 0) is 33.5 Å². The average molecular weight is 260 g/mol. The maximum Gasteiger partial charge on any atom is 0.0834 e. The zero-order valence-corrected chi connectivity index (χ0v) is 11.5. The maximum atomic E-state index is 6.18. The molecule has 0 fully saturated rings. The molecule has 0 saturated heterocycles. The van der Waals surface area contributed by atoms with E-state index in [1.165, 1.54) is 0 Å². The molecule has 1 heterocycles. The van der Waals surface area contributed by atoms with Crippen LogP contribution in [0.5, 0.6) is 0 Å².